The van der Waals surface area contributed by atoms with Crippen molar-refractivity contribution in [2.45, 2.75) is 13.3 Å². The predicted octanol–water partition coefficient (Wildman–Crippen LogP) is 2.71. The topological polar surface area (TPSA) is 0 Å². The Balaban J connectivity index is 2.59. The summed E-state index contributed by atoms with van der Waals surface area (Å²) in [5.74, 6) is 0.632. The standard InChI is InChI=1S/C7H9Cl/c1-6-3-2-4-7(8)5-6/h2-4,6H,5H2,1H3/t6-/m1/s1. The third kappa shape index (κ3) is 1.38. The fourth-order valence-corrected chi connectivity index (χ4v) is 1.11. The summed E-state index contributed by atoms with van der Waals surface area (Å²) in [5, 5.41) is 0.972. The zero-order valence-corrected chi connectivity index (χ0v) is 5.65. The van der Waals surface area contributed by atoms with Crippen LogP contribution in [0, 0.1) is 5.92 Å². The molecule has 1 aliphatic rings. The van der Waals surface area contributed by atoms with Gasteiger partial charge in [0.25, 0.3) is 0 Å². The van der Waals surface area contributed by atoms with Gasteiger partial charge in [-0.3, -0.25) is 0 Å². The van der Waals surface area contributed by atoms with Crippen LogP contribution in [-0.4, -0.2) is 0 Å². The van der Waals surface area contributed by atoms with Gasteiger partial charge in [0, 0.05) is 5.03 Å². The Morgan fingerprint density at radius 3 is 2.88 bits per heavy atom. The van der Waals surface area contributed by atoms with Gasteiger partial charge in [0.15, 0.2) is 0 Å². The van der Waals surface area contributed by atoms with E-state index in [9.17, 15) is 0 Å². The van der Waals surface area contributed by atoms with E-state index in [0.717, 1.165) is 11.5 Å². The van der Waals surface area contributed by atoms with Gasteiger partial charge < -0.3 is 0 Å². The second kappa shape index (κ2) is 2.36. The summed E-state index contributed by atoms with van der Waals surface area (Å²) in [4.78, 5) is 0. The van der Waals surface area contributed by atoms with E-state index < -0.39 is 0 Å². The lowest BCUT2D eigenvalue weighted by Gasteiger charge is -2.07. The van der Waals surface area contributed by atoms with Crippen LogP contribution in [0.15, 0.2) is 23.3 Å². The molecule has 0 nitrogen and oxygen atoms in total. The summed E-state index contributed by atoms with van der Waals surface area (Å²) >= 11 is 5.72. The largest absolute Gasteiger partial charge is 0.0891 e. The highest BCUT2D eigenvalue weighted by molar-refractivity contribution is 6.29. The molecule has 0 amide bonds. The Labute approximate surface area is 54.8 Å². The maximum absolute atomic E-state index is 5.72. The SMILES string of the molecule is C[C@@H]1C=CC=C(Cl)C1. The van der Waals surface area contributed by atoms with Crippen LogP contribution in [0.3, 0.4) is 0 Å². The fraction of sp³-hybridized carbons (Fsp3) is 0.429. The lowest BCUT2D eigenvalue weighted by atomic mass is 10.0. The minimum atomic E-state index is 0.632. The van der Waals surface area contributed by atoms with Crippen molar-refractivity contribution in [3.05, 3.63) is 23.3 Å². The van der Waals surface area contributed by atoms with E-state index in [1.807, 2.05) is 12.2 Å². The van der Waals surface area contributed by atoms with Crippen LogP contribution in [0.25, 0.3) is 0 Å². The second-order valence-electron chi connectivity index (χ2n) is 2.18. The second-order valence-corrected chi connectivity index (χ2v) is 2.67. The molecule has 1 aliphatic carbocycles. The Kier molecular flexibility index (Phi) is 1.74. The molecule has 0 radical (unpaired) electrons. The molecular weight excluding hydrogens is 120 g/mol. The molecule has 0 heterocycles. The Bertz CT molecular complexity index is 133. The summed E-state index contributed by atoms with van der Waals surface area (Å²) in [7, 11) is 0. The fourth-order valence-electron chi connectivity index (χ4n) is 0.793. The molecule has 1 atom stereocenters. The van der Waals surface area contributed by atoms with Crippen molar-refractivity contribution in [1.29, 1.82) is 0 Å². The van der Waals surface area contributed by atoms with Crippen molar-refractivity contribution in [2.75, 3.05) is 0 Å². The van der Waals surface area contributed by atoms with E-state index >= 15 is 0 Å². The van der Waals surface area contributed by atoms with Crippen molar-refractivity contribution >= 4 is 11.6 Å². The first-order valence-corrected chi connectivity index (χ1v) is 3.19. The zero-order valence-electron chi connectivity index (χ0n) is 4.89. The molecule has 0 N–H and O–H groups in total. The number of hydrogen-bond acceptors (Lipinski definition) is 0. The minimum Gasteiger partial charge on any atom is -0.0891 e. The summed E-state index contributed by atoms with van der Waals surface area (Å²) in [5.41, 5.74) is 0. The normalized spacial score (nSPS) is 27.8. The van der Waals surface area contributed by atoms with Crippen LogP contribution in [0.5, 0.6) is 0 Å². The molecule has 0 saturated heterocycles. The molecule has 0 spiro atoms. The molecule has 1 rings (SSSR count). The molecule has 0 fully saturated rings. The van der Waals surface area contributed by atoms with Gasteiger partial charge in [-0.1, -0.05) is 30.7 Å². The molecule has 0 aromatic heterocycles. The van der Waals surface area contributed by atoms with Crippen molar-refractivity contribution in [3.8, 4) is 0 Å². The third-order valence-electron chi connectivity index (χ3n) is 1.23. The molecule has 0 aromatic carbocycles. The highest BCUT2D eigenvalue weighted by Crippen LogP contribution is 2.19. The Hall–Kier alpha value is -0.230. The first-order valence-electron chi connectivity index (χ1n) is 2.82. The van der Waals surface area contributed by atoms with Crippen molar-refractivity contribution in [1.82, 2.24) is 0 Å². The van der Waals surface area contributed by atoms with E-state index in [0.29, 0.717) is 5.92 Å². The lowest BCUT2D eigenvalue weighted by molar-refractivity contribution is 0.728. The van der Waals surface area contributed by atoms with Gasteiger partial charge in [-0.2, -0.15) is 0 Å². The molecule has 0 unspecified atom stereocenters. The third-order valence-corrected chi connectivity index (χ3v) is 1.51. The first-order chi connectivity index (χ1) is 3.79. The van der Waals surface area contributed by atoms with Gasteiger partial charge in [-0.25, -0.2) is 0 Å². The lowest BCUT2D eigenvalue weighted by Crippen LogP contribution is -1.91. The number of rotatable bonds is 0. The number of allylic oxidation sites excluding steroid dienone is 4. The van der Waals surface area contributed by atoms with E-state index in [4.69, 9.17) is 11.6 Å². The Morgan fingerprint density at radius 2 is 2.50 bits per heavy atom. The molecule has 44 valence electrons. The summed E-state index contributed by atoms with van der Waals surface area (Å²) < 4.78 is 0. The molecular formula is C7H9Cl. The monoisotopic (exact) mass is 128 g/mol. The van der Waals surface area contributed by atoms with Gasteiger partial charge in [0.1, 0.15) is 0 Å². The summed E-state index contributed by atoms with van der Waals surface area (Å²) in [6.45, 7) is 2.16. The van der Waals surface area contributed by atoms with Gasteiger partial charge in [0.2, 0.25) is 0 Å². The van der Waals surface area contributed by atoms with E-state index in [2.05, 4.69) is 13.0 Å². The highest BCUT2D eigenvalue weighted by atomic mass is 35.5. The molecule has 0 aromatic rings. The Morgan fingerprint density at radius 1 is 1.75 bits per heavy atom. The van der Waals surface area contributed by atoms with Crippen LogP contribution in [0.1, 0.15) is 13.3 Å². The van der Waals surface area contributed by atoms with Crippen molar-refractivity contribution in [3.63, 3.8) is 0 Å². The zero-order chi connectivity index (χ0) is 5.98. The van der Waals surface area contributed by atoms with Crippen LogP contribution >= 0.6 is 11.6 Å². The summed E-state index contributed by atoms with van der Waals surface area (Å²) in [6, 6.07) is 0. The predicted molar refractivity (Wildman–Crippen MR) is 36.9 cm³/mol. The van der Waals surface area contributed by atoms with E-state index in [1.54, 1.807) is 0 Å². The smallest absolute Gasteiger partial charge is 0.0186 e. The molecule has 8 heavy (non-hydrogen) atoms. The van der Waals surface area contributed by atoms with Crippen LogP contribution < -0.4 is 0 Å². The van der Waals surface area contributed by atoms with Crippen LogP contribution in [-0.2, 0) is 0 Å². The average Bonchev–Trinajstić information content (AvgIpc) is 1.64. The van der Waals surface area contributed by atoms with Gasteiger partial charge in [-0.15, -0.1) is 0 Å². The number of hydrogen-bond donors (Lipinski definition) is 0. The molecule has 1 heteroatoms. The van der Waals surface area contributed by atoms with Crippen molar-refractivity contribution < 1.29 is 0 Å². The highest BCUT2D eigenvalue weighted by Gasteiger charge is 2.01. The van der Waals surface area contributed by atoms with Gasteiger partial charge in [0.05, 0.1) is 0 Å². The minimum absolute atomic E-state index is 0.632. The maximum Gasteiger partial charge on any atom is 0.0186 e. The number of halogens is 1. The summed E-state index contributed by atoms with van der Waals surface area (Å²) in [6.07, 6.45) is 7.13. The average molecular weight is 129 g/mol. The van der Waals surface area contributed by atoms with Crippen LogP contribution in [0.4, 0.5) is 0 Å². The van der Waals surface area contributed by atoms with E-state index in [-0.39, 0.29) is 0 Å². The molecule has 0 bridgehead atoms. The maximum atomic E-state index is 5.72. The van der Waals surface area contributed by atoms with Crippen LogP contribution in [0.2, 0.25) is 0 Å². The molecule has 0 aliphatic heterocycles. The first kappa shape index (κ1) is 5.90. The van der Waals surface area contributed by atoms with Gasteiger partial charge >= 0.3 is 0 Å². The quantitative estimate of drug-likeness (QED) is 0.471. The van der Waals surface area contributed by atoms with Crippen molar-refractivity contribution in [2.24, 2.45) is 5.92 Å². The molecule has 0 saturated carbocycles. The van der Waals surface area contributed by atoms with Gasteiger partial charge in [-0.05, 0) is 18.4 Å². The van der Waals surface area contributed by atoms with E-state index in [1.165, 1.54) is 0 Å².